The van der Waals surface area contributed by atoms with Gasteiger partial charge in [0.05, 0.1) is 11.9 Å². The standard InChI is InChI=1S/C13H20BrN3O2S/c1-9-4-10(2)8-17(7-9)20(18,19)16-12-5-11(3)13(14)15-6-12/h5-6,9-10,16H,4,7-8H2,1-3H3. The first-order chi connectivity index (χ1) is 9.28. The molecule has 0 aromatic carbocycles. The number of piperidine rings is 1. The van der Waals surface area contributed by atoms with Crippen molar-refractivity contribution in [3.8, 4) is 0 Å². The van der Waals surface area contributed by atoms with E-state index in [1.807, 2.05) is 6.92 Å². The van der Waals surface area contributed by atoms with Crippen LogP contribution in [0.25, 0.3) is 0 Å². The highest BCUT2D eigenvalue weighted by Gasteiger charge is 2.30. The fourth-order valence-electron chi connectivity index (χ4n) is 2.63. The average molecular weight is 362 g/mol. The van der Waals surface area contributed by atoms with Gasteiger partial charge in [-0.1, -0.05) is 13.8 Å². The van der Waals surface area contributed by atoms with E-state index in [1.54, 1.807) is 6.07 Å². The normalized spacial score (nSPS) is 24.6. The highest BCUT2D eigenvalue weighted by atomic mass is 79.9. The monoisotopic (exact) mass is 361 g/mol. The molecule has 0 saturated carbocycles. The van der Waals surface area contributed by atoms with Crippen molar-refractivity contribution in [2.45, 2.75) is 27.2 Å². The van der Waals surface area contributed by atoms with Gasteiger partial charge in [-0.2, -0.15) is 12.7 Å². The third kappa shape index (κ3) is 3.71. The number of anilines is 1. The zero-order valence-electron chi connectivity index (χ0n) is 11.9. The largest absolute Gasteiger partial charge is 0.301 e. The number of halogens is 1. The highest BCUT2D eigenvalue weighted by Crippen LogP contribution is 2.24. The Balaban J connectivity index is 2.16. The van der Waals surface area contributed by atoms with Gasteiger partial charge in [-0.05, 0) is 52.7 Å². The van der Waals surface area contributed by atoms with Crippen LogP contribution in [0.4, 0.5) is 5.69 Å². The molecular weight excluding hydrogens is 342 g/mol. The smallest absolute Gasteiger partial charge is 0.269 e. The van der Waals surface area contributed by atoms with E-state index in [0.29, 0.717) is 30.6 Å². The molecule has 1 N–H and O–H groups in total. The predicted octanol–water partition coefficient (Wildman–Crippen LogP) is 2.79. The third-order valence-corrected chi connectivity index (χ3v) is 5.74. The van der Waals surface area contributed by atoms with Gasteiger partial charge in [-0.25, -0.2) is 4.98 Å². The van der Waals surface area contributed by atoms with E-state index in [1.165, 1.54) is 10.5 Å². The van der Waals surface area contributed by atoms with Crippen LogP contribution < -0.4 is 4.72 Å². The predicted molar refractivity (Wildman–Crippen MR) is 83.7 cm³/mol. The van der Waals surface area contributed by atoms with Crippen LogP contribution in [0.2, 0.25) is 0 Å². The number of hydrogen-bond acceptors (Lipinski definition) is 3. The fraction of sp³-hybridized carbons (Fsp3) is 0.615. The first-order valence-electron chi connectivity index (χ1n) is 6.68. The van der Waals surface area contributed by atoms with Crippen LogP contribution in [0, 0.1) is 18.8 Å². The lowest BCUT2D eigenvalue weighted by atomic mass is 9.94. The van der Waals surface area contributed by atoms with Crippen molar-refractivity contribution < 1.29 is 8.42 Å². The van der Waals surface area contributed by atoms with Crippen molar-refractivity contribution in [1.29, 1.82) is 0 Å². The molecule has 1 fully saturated rings. The second-order valence-corrected chi connectivity index (χ2v) is 8.12. The Morgan fingerprint density at radius 1 is 1.35 bits per heavy atom. The molecule has 2 atom stereocenters. The molecule has 112 valence electrons. The van der Waals surface area contributed by atoms with Crippen LogP contribution in [-0.4, -0.2) is 30.8 Å². The van der Waals surface area contributed by atoms with Crippen molar-refractivity contribution in [2.24, 2.45) is 11.8 Å². The molecule has 1 saturated heterocycles. The highest BCUT2D eigenvalue weighted by molar-refractivity contribution is 9.10. The molecule has 0 radical (unpaired) electrons. The number of hydrogen-bond donors (Lipinski definition) is 1. The number of pyridine rings is 1. The van der Waals surface area contributed by atoms with Crippen molar-refractivity contribution in [1.82, 2.24) is 9.29 Å². The minimum atomic E-state index is -3.50. The van der Waals surface area contributed by atoms with Gasteiger partial charge >= 0.3 is 10.2 Å². The van der Waals surface area contributed by atoms with Crippen molar-refractivity contribution >= 4 is 31.8 Å². The summed E-state index contributed by atoms with van der Waals surface area (Å²) < 4.78 is 29.7. The molecular formula is C13H20BrN3O2S. The van der Waals surface area contributed by atoms with E-state index >= 15 is 0 Å². The van der Waals surface area contributed by atoms with Gasteiger partial charge in [-0.15, -0.1) is 0 Å². The number of nitrogens with zero attached hydrogens (tertiary/aromatic N) is 2. The maximum atomic E-state index is 12.4. The summed E-state index contributed by atoms with van der Waals surface area (Å²) in [7, 11) is -3.50. The van der Waals surface area contributed by atoms with Crippen LogP contribution in [0.1, 0.15) is 25.8 Å². The Labute approximate surface area is 129 Å². The van der Waals surface area contributed by atoms with Crippen LogP contribution in [-0.2, 0) is 10.2 Å². The molecule has 20 heavy (non-hydrogen) atoms. The van der Waals surface area contributed by atoms with Gasteiger partial charge in [0.1, 0.15) is 4.60 Å². The van der Waals surface area contributed by atoms with Crippen LogP contribution in [0.15, 0.2) is 16.9 Å². The van der Waals surface area contributed by atoms with Gasteiger partial charge in [0.2, 0.25) is 0 Å². The lowest BCUT2D eigenvalue weighted by Crippen LogP contribution is -2.45. The molecule has 1 aromatic heterocycles. The zero-order valence-corrected chi connectivity index (χ0v) is 14.3. The molecule has 7 heteroatoms. The van der Waals surface area contributed by atoms with Crippen molar-refractivity contribution in [2.75, 3.05) is 17.8 Å². The molecule has 1 aliphatic heterocycles. The van der Waals surface area contributed by atoms with Gasteiger partial charge in [-0.3, -0.25) is 4.72 Å². The van der Waals surface area contributed by atoms with Gasteiger partial charge in [0.15, 0.2) is 0 Å². The van der Waals surface area contributed by atoms with Crippen molar-refractivity contribution in [3.05, 3.63) is 22.4 Å². The van der Waals surface area contributed by atoms with E-state index in [2.05, 4.69) is 39.5 Å². The minimum Gasteiger partial charge on any atom is -0.269 e. The second kappa shape index (κ2) is 5.99. The Hall–Kier alpha value is -0.660. The molecule has 2 unspecified atom stereocenters. The van der Waals surface area contributed by atoms with E-state index in [-0.39, 0.29) is 0 Å². The van der Waals surface area contributed by atoms with Crippen LogP contribution >= 0.6 is 15.9 Å². The van der Waals surface area contributed by atoms with Gasteiger partial charge < -0.3 is 0 Å². The number of rotatable bonds is 3. The Bertz CT molecular complexity index is 581. The molecule has 0 amide bonds. The maximum absolute atomic E-state index is 12.4. The Morgan fingerprint density at radius 2 is 1.95 bits per heavy atom. The molecule has 2 heterocycles. The van der Waals surface area contributed by atoms with Crippen LogP contribution in [0.5, 0.6) is 0 Å². The Morgan fingerprint density at radius 3 is 2.50 bits per heavy atom. The SMILES string of the molecule is Cc1cc(NS(=O)(=O)N2CC(C)CC(C)C2)cnc1Br. The number of nitrogens with one attached hydrogen (secondary N) is 1. The summed E-state index contributed by atoms with van der Waals surface area (Å²) in [5, 5.41) is 0. The number of aromatic nitrogens is 1. The molecule has 0 spiro atoms. The zero-order chi connectivity index (χ0) is 14.9. The quantitative estimate of drug-likeness (QED) is 0.841. The summed E-state index contributed by atoms with van der Waals surface area (Å²) in [5.41, 5.74) is 1.39. The molecule has 0 bridgehead atoms. The molecule has 0 aliphatic carbocycles. The topological polar surface area (TPSA) is 62.3 Å². The number of aryl methyl sites for hydroxylation is 1. The lowest BCUT2D eigenvalue weighted by Gasteiger charge is -2.34. The molecule has 2 rings (SSSR count). The minimum absolute atomic E-state index is 0.389. The Kier molecular flexibility index (Phi) is 4.71. The maximum Gasteiger partial charge on any atom is 0.301 e. The van der Waals surface area contributed by atoms with Crippen molar-refractivity contribution in [3.63, 3.8) is 0 Å². The molecule has 1 aromatic rings. The lowest BCUT2D eigenvalue weighted by molar-refractivity contribution is 0.223. The fourth-order valence-corrected chi connectivity index (χ4v) is 4.29. The van der Waals surface area contributed by atoms with E-state index in [4.69, 9.17) is 0 Å². The van der Waals surface area contributed by atoms with Gasteiger partial charge in [0, 0.05) is 13.1 Å². The third-order valence-electron chi connectivity index (χ3n) is 3.44. The molecule has 1 aliphatic rings. The summed E-state index contributed by atoms with van der Waals surface area (Å²) in [4.78, 5) is 4.11. The summed E-state index contributed by atoms with van der Waals surface area (Å²) in [6, 6.07) is 1.77. The second-order valence-electron chi connectivity index (χ2n) is 5.70. The summed E-state index contributed by atoms with van der Waals surface area (Å²) in [6.07, 6.45) is 2.59. The summed E-state index contributed by atoms with van der Waals surface area (Å²) in [5.74, 6) is 0.778. The van der Waals surface area contributed by atoms with E-state index in [0.717, 1.165) is 16.6 Å². The van der Waals surface area contributed by atoms with Gasteiger partial charge in [0.25, 0.3) is 0 Å². The average Bonchev–Trinajstić information content (AvgIpc) is 2.32. The molecule has 5 nitrogen and oxygen atoms in total. The van der Waals surface area contributed by atoms with E-state index in [9.17, 15) is 8.42 Å². The summed E-state index contributed by atoms with van der Waals surface area (Å²) >= 11 is 3.30. The van der Waals surface area contributed by atoms with Crippen LogP contribution in [0.3, 0.4) is 0 Å². The van der Waals surface area contributed by atoms with E-state index < -0.39 is 10.2 Å². The summed E-state index contributed by atoms with van der Waals surface area (Å²) in [6.45, 7) is 7.19. The first-order valence-corrected chi connectivity index (χ1v) is 8.91. The first kappa shape index (κ1) is 15.7.